The average Bonchev–Trinajstić information content (AvgIpc) is 2.48. The summed E-state index contributed by atoms with van der Waals surface area (Å²) in [5.41, 5.74) is 9.14. The lowest BCUT2D eigenvalue weighted by atomic mass is 10.0. The van der Waals surface area contributed by atoms with E-state index >= 15 is 0 Å². The number of guanidine groups is 1. The van der Waals surface area contributed by atoms with E-state index in [2.05, 4.69) is 40.7 Å². The Labute approximate surface area is 112 Å². The molecule has 3 rings (SSSR count). The molecule has 0 amide bonds. The van der Waals surface area contributed by atoms with Crippen molar-refractivity contribution >= 4 is 11.7 Å². The second kappa shape index (κ2) is 4.98. The summed E-state index contributed by atoms with van der Waals surface area (Å²) in [7, 11) is 0. The van der Waals surface area contributed by atoms with E-state index in [1.807, 2.05) is 36.4 Å². The van der Waals surface area contributed by atoms with E-state index in [0.717, 1.165) is 16.8 Å². The van der Waals surface area contributed by atoms with Crippen molar-refractivity contribution in [2.45, 2.75) is 6.04 Å². The Morgan fingerprint density at radius 3 is 2.21 bits per heavy atom. The summed E-state index contributed by atoms with van der Waals surface area (Å²) >= 11 is 0. The number of hydrogen-bond donors (Lipinski definition) is 2. The number of nitrogens with one attached hydrogen (secondary N) is 1. The fourth-order valence-electron chi connectivity index (χ4n) is 2.16. The predicted octanol–water partition coefficient (Wildman–Crippen LogP) is 2.69. The quantitative estimate of drug-likeness (QED) is 0.859. The van der Waals surface area contributed by atoms with Crippen LogP contribution in [0.3, 0.4) is 0 Å². The van der Waals surface area contributed by atoms with Gasteiger partial charge >= 0.3 is 0 Å². The molecule has 1 unspecified atom stereocenters. The van der Waals surface area contributed by atoms with E-state index in [0.29, 0.717) is 5.96 Å². The predicted molar refractivity (Wildman–Crippen MR) is 78.4 cm³/mol. The van der Waals surface area contributed by atoms with Crippen LogP contribution in [0.15, 0.2) is 71.7 Å². The highest BCUT2D eigenvalue weighted by atomic mass is 15.1. The Kier molecular flexibility index (Phi) is 3.02. The van der Waals surface area contributed by atoms with Gasteiger partial charge < -0.3 is 11.1 Å². The van der Waals surface area contributed by atoms with E-state index in [-0.39, 0.29) is 6.04 Å². The largest absolute Gasteiger partial charge is 0.370 e. The molecule has 94 valence electrons. The van der Waals surface area contributed by atoms with Gasteiger partial charge in [-0.1, -0.05) is 60.7 Å². The van der Waals surface area contributed by atoms with Crippen LogP contribution in [-0.4, -0.2) is 5.96 Å². The first-order valence-corrected chi connectivity index (χ1v) is 6.25. The Bertz CT molecular complexity index is 615. The number of nitrogens with two attached hydrogens (primary N) is 1. The van der Waals surface area contributed by atoms with E-state index in [9.17, 15) is 0 Å². The van der Waals surface area contributed by atoms with E-state index in [4.69, 9.17) is 5.73 Å². The van der Waals surface area contributed by atoms with Gasteiger partial charge in [-0.2, -0.15) is 0 Å². The minimum absolute atomic E-state index is 0.0299. The maximum absolute atomic E-state index is 5.89. The van der Waals surface area contributed by atoms with Gasteiger partial charge in [-0.3, -0.25) is 0 Å². The van der Waals surface area contributed by atoms with Crippen molar-refractivity contribution in [3.8, 4) is 0 Å². The van der Waals surface area contributed by atoms with Crippen molar-refractivity contribution in [3.63, 3.8) is 0 Å². The van der Waals surface area contributed by atoms with Gasteiger partial charge in [0.15, 0.2) is 5.96 Å². The van der Waals surface area contributed by atoms with Crippen LogP contribution in [-0.2, 0) is 0 Å². The molecule has 2 aromatic carbocycles. The molecule has 2 aromatic rings. The molecule has 0 aromatic heterocycles. The van der Waals surface area contributed by atoms with Gasteiger partial charge in [0, 0.05) is 5.70 Å². The first-order chi connectivity index (χ1) is 9.33. The lowest BCUT2D eigenvalue weighted by Crippen LogP contribution is -2.33. The third kappa shape index (κ3) is 2.50. The van der Waals surface area contributed by atoms with Crippen LogP contribution in [0.1, 0.15) is 17.2 Å². The summed E-state index contributed by atoms with van der Waals surface area (Å²) in [6.45, 7) is 0. The van der Waals surface area contributed by atoms with Crippen LogP contribution in [0.5, 0.6) is 0 Å². The maximum atomic E-state index is 5.89. The number of nitrogens with zero attached hydrogens (tertiary/aromatic N) is 1. The molecule has 1 atom stereocenters. The van der Waals surface area contributed by atoms with E-state index in [1.165, 1.54) is 0 Å². The van der Waals surface area contributed by atoms with Crippen molar-refractivity contribution in [3.05, 3.63) is 77.9 Å². The minimum Gasteiger partial charge on any atom is -0.370 e. The fourth-order valence-corrected chi connectivity index (χ4v) is 2.16. The normalized spacial score (nSPS) is 18.2. The summed E-state index contributed by atoms with van der Waals surface area (Å²) in [6.07, 6.45) is 2.10. The molecule has 0 fully saturated rings. The van der Waals surface area contributed by atoms with Gasteiger partial charge in [0.1, 0.15) is 0 Å². The number of rotatable bonds is 2. The molecule has 3 heteroatoms. The molecule has 0 aliphatic carbocycles. The van der Waals surface area contributed by atoms with Crippen molar-refractivity contribution < 1.29 is 0 Å². The third-order valence-electron chi connectivity index (χ3n) is 3.09. The monoisotopic (exact) mass is 249 g/mol. The SMILES string of the molecule is NC1=NC(c2ccccc2)C=C(c2ccccc2)N1. The molecule has 0 radical (unpaired) electrons. The summed E-state index contributed by atoms with van der Waals surface area (Å²) in [5.74, 6) is 0.454. The maximum Gasteiger partial charge on any atom is 0.194 e. The highest BCUT2D eigenvalue weighted by Gasteiger charge is 2.15. The minimum atomic E-state index is -0.0299. The van der Waals surface area contributed by atoms with Crippen molar-refractivity contribution in [2.24, 2.45) is 10.7 Å². The fraction of sp³-hybridized carbons (Fsp3) is 0.0625. The summed E-state index contributed by atoms with van der Waals surface area (Å²) in [5, 5.41) is 3.12. The molecule has 1 aliphatic heterocycles. The molecule has 1 aliphatic rings. The third-order valence-corrected chi connectivity index (χ3v) is 3.09. The molecule has 19 heavy (non-hydrogen) atoms. The number of hydrogen-bond acceptors (Lipinski definition) is 3. The summed E-state index contributed by atoms with van der Waals surface area (Å²) < 4.78 is 0. The van der Waals surface area contributed by atoms with Crippen LogP contribution in [0, 0.1) is 0 Å². The lowest BCUT2D eigenvalue weighted by Gasteiger charge is -2.20. The Hall–Kier alpha value is -2.55. The first-order valence-electron chi connectivity index (χ1n) is 6.25. The lowest BCUT2D eigenvalue weighted by molar-refractivity contribution is 0.874. The molecule has 1 heterocycles. The highest BCUT2D eigenvalue weighted by Crippen LogP contribution is 2.25. The number of benzene rings is 2. The van der Waals surface area contributed by atoms with Gasteiger partial charge in [-0.05, 0) is 17.2 Å². The smallest absolute Gasteiger partial charge is 0.194 e. The molecule has 3 nitrogen and oxygen atoms in total. The molecular formula is C16H15N3. The Balaban J connectivity index is 1.97. The van der Waals surface area contributed by atoms with Gasteiger partial charge in [-0.15, -0.1) is 0 Å². The Morgan fingerprint density at radius 2 is 1.53 bits per heavy atom. The zero-order valence-electron chi connectivity index (χ0n) is 10.5. The van der Waals surface area contributed by atoms with Gasteiger partial charge in [0.25, 0.3) is 0 Å². The molecule has 0 bridgehead atoms. The highest BCUT2D eigenvalue weighted by molar-refractivity contribution is 5.90. The van der Waals surface area contributed by atoms with E-state index in [1.54, 1.807) is 0 Å². The van der Waals surface area contributed by atoms with Crippen LogP contribution in [0.4, 0.5) is 0 Å². The summed E-state index contributed by atoms with van der Waals surface area (Å²) in [4.78, 5) is 4.44. The second-order valence-electron chi connectivity index (χ2n) is 4.44. The first kappa shape index (κ1) is 11.5. The topological polar surface area (TPSA) is 50.4 Å². The van der Waals surface area contributed by atoms with Crippen molar-refractivity contribution in [2.75, 3.05) is 0 Å². The zero-order chi connectivity index (χ0) is 13.1. The van der Waals surface area contributed by atoms with Crippen molar-refractivity contribution in [1.82, 2.24) is 5.32 Å². The number of aliphatic imine (C=N–C) groups is 1. The van der Waals surface area contributed by atoms with E-state index < -0.39 is 0 Å². The Morgan fingerprint density at radius 1 is 0.895 bits per heavy atom. The zero-order valence-corrected chi connectivity index (χ0v) is 10.5. The van der Waals surface area contributed by atoms with Gasteiger partial charge in [-0.25, -0.2) is 4.99 Å². The van der Waals surface area contributed by atoms with Crippen LogP contribution < -0.4 is 11.1 Å². The van der Waals surface area contributed by atoms with Crippen LogP contribution in [0.2, 0.25) is 0 Å². The molecular weight excluding hydrogens is 234 g/mol. The van der Waals surface area contributed by atoms with Gasteiger partial charge in [0.05, 0.1) is 6.04 Å². The summed E-state index contributed by atoms with van der Waals surface area (Å²) in [6, 6.07) is 20.2. The molecule has 0 spiro atoms. The molecule has 0 saturated carbocycles. The standard InChI is InChI=1S/C16H15N3/c17-16-18-14(12-7-3-1-4-8-12)11-15(19-16)13-9-5-2-6-10-13/h1-11,14H,(H3,17,18,19). The molecule has 0 saturated heterocycles. The van der Waals surface area contributed by atoms with Gasteiger partial charge in [0.2, 0.25) is 0 Å². The van der Waals surface area contributed by atoms with Crippen LogP contribution in [0.25, 0.3) is 5.70 Å². The van der Waals surface area contributed by atoms with Crippen molar-refractivity contribution in [1.29, 1.82) is 0 Å². The van der Waals surface area contributed by atoms with Crippen LogP contribution >= 0.6 is 0 Å². The molecule has 3 N–H and O–H groups in total. The average molecular weight is 249 g/mol. The second-order valence-corrected chi connectivity index (χ2v) is 4.44.